The van der Waals surface area contributed by atoms with Gasteiger partial charge in [-0.1, -0.05) is 12.1 Å². The van der Waals surface area contributed by atoms with Gasteiger partial charge in [0.1, 0.15) is 0 Å². The molecular formula is C19H19NO5. The van der Waals surface area contributed by atoms with Gasteiger partial charge in [0.2, 0.25) is 5.78 Å². The number of aryl methyl sites for hydroxylation is 2. The van der Waals surface area contributed by atoms with E-state index in [1.54, 1.807) is 6.92 Å². The van der Waals surface area contributed by atoms with Gasteiger partial charge in [0, 0.05) is 11.6 Å². The Bertz CT molecular complexity index is 831. The van der Waals surface area contributed by atoms with E-state index in [2.05, 4.69) is 0 Å². The fourth-order valence-electron chi connectivity index (χ4n) is 3.07. The van der Waals surface area contributed by atoms with Gasteiger partial charge in [0.05, 0.1) is 18.1 Å². The maximum absolute atomic E-state index is 12.7. The lowest BCUT2D eigenvalue weighted by Gasteiger charge is -2.16. The van der Waals surface area contributed by atoms with Crippen molar-refractivity contribution in [2.45, 2.75) is 32.3 Å². The molecule has 0 amide bonds. The molecule has 0 spiro atoms. The van der Waals surface area contributed by atoms with Crippen molar-refractivity contribution in [2.24, 2.45) is 0 Å². The second kappa shape index (κ2) is 6.93. The molecule has 1 atom stereocenters. The number of nitrogens with zero attached hydrogens (tertiary/aromatic N) is 1. The van der Waals surface area contributed by atoms with Gasteiger partial charge in [-0.15, -0.1) is 0 Å². The lowest BCUT2D eigenvalue weighted by atomic mass is 10.0. The predicted octanol–water partition coefficient (Wildman–Crippen LogP) is 3.74. The molecule has 0 saturated heterocycles. The van der Waals surface area contributed by atoms with E-state index in [0.29, 0.717) is 11.3 Å². The zero-order valence-corrected chi connectivity index (χ0v) is 14.2. The minimum Gasteiger partial charge on any atom is -0.493 e. The van der Waals surface area contributed by atoms with E-state index in [1.807, 2.05) is 18.2 Å². The Hall–Kier alpha value is -2.89. The van der Waals surface area contributed by atoms with E-state index < -0.39 is 11.0 Å². The SMILES string of the molecule is COc1ccc([N+](=O)[O-])cc1O[C@H](C)C(=O)c1ccc2c(c1)CCC2. The van der Waals surface area contributed by atoms with Gasteiger partial charge in [-0.3, -0.25) is 14.9 Å². The van der Waals surface area contributed by atoms with Crippen molar-refractivity contribution in [3.63, 3.8) is 0 Å². The van der Waals surface area contributed by atoms with Gasteiger partial charge < -0.3 is 9.47 Å². The van der Waals surface area contributed by atoms with Gasteiger partial charge in [0.25, 0.3) is 5.69 Å². The van der Waals surface area contributed by atoms with Crippen LogP contribution in [0.2, 0.25) is 0 Å². The standard InChI is InChI=1S/C19H19NO5/c1-12(19(21)15-7-6-13-4-3-5-14(13)10-15)25-18-11-16(20(22)23)8-9-17(18)24-2/h6-12H,3-5H2,1-2H3/t12-/m1/s1. The molecule has 25 heavy (non-hydrogen) atoms. The van der Waals surface area contributed by atoms with Crippen molar-refractivity contribution < 1.29 is 19.2 Å². The molecule has 6 nitrogen and oxygen atoms in total. The van der Waals surface area contributed by atoms with Gasteiger partial charge in [-0.05, 0) is 49.4 Å². The molecule has 6 heteroatoms. The number of Topliss-reactive ketones (excluding diaryl/α,β-unsaturated/α-hetero) is 1. The summed E-state index contributed by atoms with van der Waals surface area (Å²) in [4.78, 5) is 23.1. The van der Waals surface area contributed by atoms with Crippen LogP contribution in [0.4, 0.5) is 5.69 Å². The van der Waals surface area contributed by atoms with E-state index >= 15 is 0 Å². The maximum atomic E-state index is 12.7. The zero-order valence-electron chi connectivity index (χ0n) is 14.2. The Kier molecular flexibility index (Phi) is 4.70. The second-order valence-corrected chi connectivity index (χ2v) is 6.05. The smallest absolute Gasteiger partial charge is 0.273 e. The third-order valence-corrected chi connectivity index (χ3v) is 4.41. The Labute approximate surface area is 145 Å². The predicted molar refractivity (Wildman–Crippen MR) is 92.5 cm³/mol. The van der Waals surface area contributed by atoms with Gasteiger partial charge in [-0.25, -0.2) is 0 Å². The van der Waals surface area contributed by atoms with Crippen LogP contribution in [-0.2, 0) is 12.8 Å². The number of hydrogen-bond donors (Lipinski definition) is 0. The average molecular weight is 341 g/mol. The van der Waals surface area contributed by atoms with Crippen molar-refractivity contribution in [1.29, 1.82) is 0 Å². The summed E-state index contributed by atoms with van der Waals surface area (Å²) in [6, 6.07) is 9.80. The molecule has 2 aromatic rings. The average Bonchev–Trinajstić information content (AvgIpc) is 3.08. The van der Waals surface area contributed by atoms with Crippen molar-refractivity contribution in [3.05, 3.63) is 63.2 Å². The largest absolute Gasteiger partial charge is 0.493 e. The fraction of sp³-hybridized carbons (Fsp3) is 0.316. The lowest BCUT2D eigenvalue weighted by molar-refractivity contribution is -0.385. The van der Waals surface area contributed by atoms with Gasteiger partial charge in [-0.2, -0.15) is 0 Å². The lowest BCUT2D eigenvalue weighted by Crippen LogP contribution is -2.24. The number of rotatable bonds is 6. The number of methoxy groups -OCH3 is 1. The molecule has 1 aliphatic carbocycles. The van der Waals surface area contributed by atoms with Crippen molar-refractivity contribution in [3.8, 4) is 11.5 Å². The first kappa shape index (κ1) is 17.0. The Balaban J connectivity index is 1.81. The number of nitro groups is 1. The molecule has 2 aromatic carbocycles. The number of non-ortho nitro benzene ring substituents is 1. The molecule has 1 aliphatic rings. The molecule has 0 radical (unpaired) electrons. The molecule has 0 unspecified atom stereocenters. The van der Waals surface area contributed by atoms with Crippen LogP contribution in [0, 0.1) is 10.1 Å². The third-order valence-electron chi connectivity index (χ3n) is 4.41. The molecule has 3 rings (SSSR count). The Morgan fingerprint density at radius 2 is 1.88 bits per heavy atom. The van der Waals surface area contributed by atoms with Gasteiger partial charge >= 0.3 is 0 Å². The second-order valence-electron chi connectivity index (χ2n) is 6.05. The number of fused-ring (bicyclic) bond motifs is 1. The minimum absolute atomic E-state index is 0.118. The molecule has 0 aromatic heterocycles. The van der Waals surface area contributed by atoms with Crippen LogP contribution in [0.25, 0.3) is 0 Å². The topological polar surface area (TPSA) is 78.7 Å². The highest BCUT2D eigenvalue weighted by atomic mass is 16.6. The van der Waals surface area contributed by atoms with Crippen molar-refractivity contribution >= 4 is 11.5 Å². The highest BCUT2D eigenvalue weighted by molar-refractivity contribution is 5.99. The number of carbonyl (C=O) groups is 1. The summed E-state index contributed by atoms with van der Waals surface area (Å²) in [5.74, 6) is 0.362. The highest BCUT2D eigenvalue weighted by Gasteiger charge is 2.22. The molecule has 0 fully saturated rings. The molecule has 0 bridgehead atoms. The van der Waals surface area contributed by atoms with Crippen LogP contribution in [0.1, 0.15) is 34.8 Å². The summed E-state index contributed by atoms with van der Waals surface area (Å²) in [6.45, 7) is 1.63. The molecule has 130 valence electrons. The Morgan fingerprint density at radius 1 is 1.12 bits per heavy atom. The van der Waals surface area contributed by atoms with Crippen LogP contribution in [0.5, 0.6) is 11.5 Å². The molecule has 0 aliphatic heterocycles. The monoisotopic (exact) mass is 341 g/mol. The van der Waals surface area contributed by atoms with Crippen LogP contribution in [0.15, 0.2) is 36.4 Å². The number of hydrogen-bond acceptors (Lipinski definition) is 5. The molecule has 0 saturated carbocycles. The normalized spacial score (nSPS) is 13.8. The van der Waals surface area contributed by atoms with Crippen LogP contribution < -0.4 is 9.47 Å². The number of benzene rings is 2. The summed E-state index contributed by atoms with van der Waals surface area (Å²) in [7, 11) is 1.45. The number of ether oxygens (including phenoxy) is 2. The first-order valence-corrected chi connectivity index (χ1v) is 8.14. The fourth-order valence-corrected chi connectivity index (χ4v) is 3.07. The van der Waals surface area contributed by atoms with E-state index in [1.165, 1.54) is 36.4 Å². The molecule has 0 N–H and O–H groups in total. The highest BCUT2D eigenvalue weighted by Crippen LogP contribution is 2.32. The van der Waals surface area contributed by atoms with Gasteiger partial charge in [0.15, 0.2) is 17.6 Å². The third kappa shape index (κ3) is 3.47. The number of nitro benzene ring substituents is 1. The summed E-state index contributed by atoms with van der Waals surface area (Å²) < 4.78 is 10.9. The molecular weight excluding hydrogens is 322 g/mol. The summed E-state index contributed by atoms with van der Waals surface area (Å²) >= 11 is 0. The van der Waals surface area contributed by atoms with Crippen LogP contribution in [0.3, 0.4) is 0 Å². The van der Waals surface area contributed by atoms with Crippen molar-refractivity contribution in [1.82, 2.24) is 0 Å². The quantitative estimate of drug-likeness (QED) is 0.454. The van der Waals surface area contributed by atoms with E-state index in [9.17, 15) is 14.9 Å². The summed E-state index contributed by atoms with van der Waals surface area (Å²) in [5, 5.41) is 10.9. The van der Waals surface area contributed by atoms with Crippen LogP contribution >= 0.6 is 0 Å². The summed E-state index contributed by atoms with van der Waals surface area (Å²) in [5.41, 5.74) is 2.99. The number of ketones is 1. The van der Waals surface area contributed by atoms with Crippen molar-refractivity contribution in [2.75, 3.05) is 7.11 Å². The first-order chi connectivity index (χ1) is 12.0. The number of carbonyl (C=O) groups excluding carboxylic acids is 1. The van der Waals surface area contributed by atoms with E-state index in [0.717, 1.165) is 19.3 Å². The van der Waals surface area contributed by atoms with Crippen LogP contribution in [-0.4, -0.2) is 23.9 Å². The first-order valence-electron chi connectivity index (χ1n) is 8.14. The Morgan fingerprint density at radius 3 is 2.60 bits per heavy atom. The molecule has 0 heterocycles. The van der Waals surface area contributed by atoms with E-state index in [-0.39, 0.29) is 17.2 Å². The maximum Gasteiger partial charge on any atom is 0.273 e. The zero-order chi connectivity index (χ0) is 18.0. The van der Waals surface area contributed by atoms with E-state index in [4.69, 9.17) is 9.47 Å². The minimum atomic E-state index is -0.782. The summed E-state index contributed by atoms with van der Waals surface area (Å²) in [6.07, 6.45) is 2.38.